The summed E-state index contributed by atoms with van der Waals surface area (Å²) in [7, 11) is 0. The first-order chi connectivity index (χ1) is 9.79. The monoisotopic (exact) mass is 321 g/mol. The van der Waals surface area contributed by atoms with Gasteiger partial charge in [0.1, 0.15) is 0 Å². The average Bonchev–Trinajstić information content (AvgIpc) is 2.42. The topological polar surface area (TPSA) is 26.0 Å². The zero-order chi connectivity index (χ0) is 15.6. The highest BCUT2D eigenvalue weighted by atomic mass is 35.5. The molecule has 1 unspecified atom stereocenters. The minimum Gasteiger partial charge on any atom is -0.324 e. The first-order valence-electron chi connectivity index (χ1n) is 7.08. The summed E-state index contributed by atoms with van der Waals surface area (Å²) < 4.78 is 0. The maximum atomic E-state index is 6.31. The van der Waals surface area contributed by atoms with E-state index >= 15 is 0 Å². The van der Waals surface area contributed by atoms with Crippen molar-refractivity contribution in [2.75, 3.05) is 0 Å². The van der Waals surface area contributed by atoms with Crippen LogP contribution in [-0.2, 0) is 11.8 Å². The van der Waals surface area contributed by atoms with Crippen molar-refractivity contribution in [3.05, 3.63) is 69.2 Å². The fraction of sp³-hybridized carbons (Fsp3) is 0.333. The van der Waals surface area contributed by atoms with Crippen LogP contribution in [0.5, 0.6) is 0 Å². The van der Waals surface area contributed by atoms with Crippen molar-refractivity contribution in [2.24, 2.45) is 5.73 Å². The molecule has 0 aliphatic carbocycles. The average molecular weight is 322 g/mol. The molecule has 0 spiro atoms. The molecule has 0 aromatic heterocycles. The fourth-order valence-electron chi connectivity index (χ4n) is 2.30. The lowest BCUT2D eigenvalue weighted by molar-refractivity contribution is 0.589. The number of rotatable bonds is 3. The van der Waals surface area contributed by atoms with Crippen molar-refractivity contribution in [3.8, 4) is 0 Å². The number of nitrogens with two attached hydrogens (primary N) is 1. The van der Waals surface area contributed by atoms with Gasteiger partial charge in [-0.15, -0.1) is 0 Å². The Balaban J connectivity index is 2.19. The summed E-state index contributed by atoms with van der Waals surface area (Å²) in [6.07, 6.45) is 0.632. The molecular weight excluding hydrogens is 301 g/mol. The Morgan fingerprint density at radius 1 is 0.952 bits per heavy atom. The van der Waals surface area contributed by atoms with Crippen LogP contribution in [0.4, 0.5) is 0 Å². The van der Waals surface area contributed by atoms with E-state index in [0.717, 1.165) is 11.1 Å². The number of benzene rings is 2. The van der Waals surface area contributed by atoms with E-state index in [2.05, 4.69) is 45.0 Å². The molecule has 0 radical (unpaired) electrons. The van der Waals surface area contributed by atoms with Crippen LogP contribution in [0.2, 0.25) is 10.0 Å². The van der Waals surface area contributed by atoms with Gasteiger partial charge in [-0.1, -0.05) is 74.3 Å². The van der Waals surface area contributed by atoms with Gasteiger partial charge >= 0.3 is 0 Å². The molecule has 0 saturated carbocycles. The summed E-state index contributed by atoms with van der Waals surface area (Å²) in [6.45, 7) is 6.60. The standard InChI is InChI=1S/C18H21Cl2N/c1-18(2,3)13-9-7-12(8-10-13)17(21)11-14-15(19)5-4-6-16(14)20/h4-10,17H,11,21H2,1-3H3. The van der Waals surface area contributed by atoms with Crippen molar-refractivity contribution in [1.82, 2.24) is 0 Å². The van der Waals surface area contributed by atoms with E-state index in [1.807, 2.05) is 18.2 Å². The largest absolute Gasteiger partial charge is 0.324 e. The predicted octanol–water partition coefficient (Wildman–Crippen LogP) is 5.53. The second-order valence-electron chi connectivity index (χ2n) is 6.38. The molecule has 2 rings (SSSR count). The van der Waals surface area contributed by atoms with Crippen LogP contribution in [0.25, 0.3) is 0 Å². The lowest BCUT2D eigenvalue weighted by Gasteiger charge is -2.20. The van der Waals surface area contributed by atoms with Crippen LogP contribution >= 0.6 is 23.2 Å². The zero-order valence-electron chi connectivity index (χ0n) is 12.7. The Morgan fingerprint density at radius 2 is 1.48 bits per heavy atom. The fourth-order valence-corrected chi connectivity index (χ4v) is 2.85. The second kappa shape index (κ2) is 6.39. The van der Waals surface area contributed by atoms with Crippen molar-refractivity contribution in [3.63, 3.8) is 0 Å². The Bertz CT molecular complexity index is 592. The summed E-state index contributed by atoms with van der Waals surface area (Å²) >= 11 is 12.4. The number of hydrogen-bond donors (Lipinski definition) is 1. The molecule has 21 heavy (non-hydrogen) atoms. The maximum absolute atomic E-state index is 6.31. The molecule has 1 atom stereocenters. The lowest BCUT2D eigenvalue weighted by atomic mass is 9.86. The summed E-state index contributed by atoms with van der Waals surface area (Å²) in [5.74, 6) is 0. The summed E-state index contributed by atoms with van der Waals surface area (Å²) in [5, 5.41) is 1.34. The first-order valence-corrected chi connectivity index (χ1v) is 7.83. The van der Waals surface area contributed by atoms with Crippen molar-refractivity contribution in [1.29, 1.82) is 0 Å². The second-order valence-corrected chi connectivity index (χ2v) is 7.20. The van der Waals surface area contributed by atoms with Crippen LogP contribution in [0, 0.1) is 0 Å². The normalized spacial score (nSPS) is 13.2. The smallest absolute Gasteiger partial charge is 0.0453 e. The van der Waals surface area contributed by atoms with E-state index in [0.29, 0.717) is 16.5 Å². The van der Waals surface area contributed by atoms with Gasteiger partial charge in [0.2, 0.25) is 0 Å². The highest BCUT2D eigenvalue weighted by molar-refractivity contribution is 6.36. The predicted molar refractivity (Wildman–Crippen MR) is 92.2 cm³/mol. The molecule has 0 aliphatic rings. The summed E-state index contributed by atoms with van der Waals surface area (Å²) in [4.78, 5) is 0. The van der Waals surface area contributed by atoms with Crippen LogP contribution in [0.15, 0.2) is 42.5 Å². The van der Waals surface area contributed by atoms with Crippen molar-refractivity contribution < 1.29 is 0 Å². The minimum atomic E-state index is -0.114. The van der Waals surface area contributed by atoms with E-state index < -0.39 is 0 Å². The molecule has 1 nitrogen and oxygen atoms in total. The molecule has 0 aliphatic heterocycles. The van der Waals surface area contributed by atoms with E-state index in [9.17, 15) is 0 Å². The van der Waals surface area contributed by atoms with E-state index in [-0.39, 0.29) is 11.5 Å². The van der Waals surface area contributed by atoms with Gasteiger partial charge in [0.25, 0.3) is 0 Å². The van der Waals surface area contributed by atoms with Gasteiger partial charge in [-0.2, -0.15) is 0 Å². The van der Waals surface area contributed by atoms with Crippen LogP contribution in [0.1, 0.15) is 43.5 Å². The molecule has 0 bridgehead atoms. The van der Waals surface area contributed by atoms with E-state index in [1.54, 1.807) is 0 Å². The molecule has 2 N–H and O–H groups in total. The van der Waals surface area contributed by atoms with Crippen LogP contribution in [0.3, 0.4) is 0 Å². The van der Waals surface area contributed by atoms with Crippen LogP contribution < -0.4 is 5.73 Å². The SMILES string of the molecule is CC(C)(C)c1ccc(C(N)Cc2c(Cl)cccc2Cl)cc1. The number of halogens is 2. The zero-order valence-corrected chi connectivity index (χ0v) is 14.2. The van der Waals surface area contributed by atoms with E-state index in [4.69, 9.17) is 28.9 Å². The summed E-state index contributed by atoms with van der Waals surface area (Å²) in [6, 6.07) is 13.9. The van der Waals surface area contributed by atoms with Crippen LogP contribution in [-0.4, -0.2) is 0 Å². The Labute approximate surface area is 137 Å². The van der Waals surface area contributed by atoms with Gasteiger partial charge < -0.3 is 5.73 Å². The lowest BCUT2D eigenvalue weighted by Crippen LogP contribution is -2.15. The third kappa shape index (κ3) is 4.00. The highest BCUT2D eigenvalue weighted by Crippen LogP contribution is 2.29. The molecule has 0 fully saturated rings. The number of hydrogen-bond acceptors (Lipinski definition) is 1. The molecule has 0 amide bonds. The maximum Gasteiger partial charge on any atom is 0.0453 e. The molecule has 2 aromatic rings. The van der Waals surface area contributed by atoms with Gasteiger partial charge in [-0.05, 0) is 40.7 Å². The Kier molecular flexibility index (Phi) is 4.98. The van der Waals surface area contributed by atoms with Gasteiger partial charge in [0, 0.05) is 16.1 Å². The minimum absolute atomic E-state index is 0.114. The van der Waals surface area contributed by atoms with Gasteiger partial charge in [-0.3, -0.25) is 0 Å². The molecule has 3 heteroatoms. The molecule has 112 valence electrons. The van der Waals surface area contributed by atoms with Gasteiger partial charge in [-0.25, -0.2) is 0 Å². The third-order valence-electron chi connectivity index (χ3n) is 3.69. The summed E-state index contributed by atoms with van der Waals surface area (Å²) in [5.41, 5.74) is 9.76. The first kappa shape index (κ1) is 16.4. The molecule has 0 saturated heterocycles. The van der Waals surface area contributed by atoms with Crippen molar-refractivity contribution >= 4 is 23.2 Å². The highest BCUT2D eigenvalue weighted by Gasteiger charge is 2.15. The molecule has 0 heterocycles. The Hall–Kier alpha value is -1.02. The molecule has 2 aromatic carbocycles. The molecular formula is C18H21Cl2N. The van der Waals surface area contributed by atoms with E-state index in [1.165, 1.54) is 5.56 Å². The van der Waals surface area contributed by atoms with Gasteiger partial charge in [0.05, 0.1) is 0 Å². The van der Waals surface area contributed by atoms with Gasteiger partial charge in [0.15, 0.2) is 0 Å². The third-order valence-corrected chi connectivity index (χ3v) is 4.40. The quantitative estimate of drug-likeness (QED) is 0.789. The Morgan fingerprint density at radius 3 is 1.95 bits per heavy atom. The van der Waals surface area contributed by atoms with Crippen molar-refractivity contribution in [2.45, 2.75) is 38.6 Å².